The molecular formula is C14H29N2O3+. The number of hydrogen-bond donors (Lipinski definition) is 1. The van der Waals surface area contributed by atoms with E-state index in [-0.39, 0.29) is 11.9 Å². The maximum absolute atomic E-state index is 11.8. The summed E-state index contributed by atoms with van der Waals surface area (Å²) >= 11 is 0. The van der Waals surface area contributed by atoms with E-state index in [4.69, 9.17) is 4.74 Å². The summed E-state index contributed by atoms with van der Waals surface area (Å²) in [5, 5.41) is 2.67. The topological polar surface area (TPSA) is 55.4 Å². The third-order valence-corrected chi connectivity index (χ3v) is 2.68. The van der Waals surface area contributed by atoms with E-state index in [0.29, 0.717) is 13.0 Å². The number of carbonyl (C=O) groups excluding carboxylic acids is 2. The van der Waals surface area contributed by atoms with Crippen LogP contribution in [-0.4, -0.2) is 56.7 Å². The molecule has 1 unspecified atom stereocenters. The van der Waals surface area contributed by atoms with Crippen molar-refractivity contribution >= 4 is 11.9 Å². The number of unbranched alkanes of at least 4 members (excludes halogenated alkanes) is 1. The number of hydrogen-bond acceptors (Lipinski definition) is 3. The van der Waals surface area contributed by atoms with Crippen molar-refractivity contribution in [2.75, 3.05) is 34.3 Å². The summed E-state index contributed by atoms with van der Waals surface area (Å²) in [4.78, 5) is 22.9. The molecule has 0 fully saturated rings. The highest BCUT2D eigenvalue weighted by molar-refractivity contribution is 5.83. The van der Waals surface area contributed by atoms with Gasteiger partial charge in [-0.3, -0.25) is 4.79 Å². The molecule has 1 amide bonds. The monoisotopic (exact) mass is 273 g/mol. The molecule has 0 aliphatic heterocycles. The fourth-order valence-corrected chi connectivity index (χ4v) is 1.73. The van der Waals surface area contributed by atoms with Crippen molar-refractivity contribution in [3.8, 4) is 0 Å². The lowest BCUT2D eigenvalue weighted by molar-refractivity contribution is -0.870. The van der Waals surface area contributed by atoms with Gasteiger partial charge in [-0.15, -0.1) is 0 Å². The molecule has 0 aliphatic carbocycles. The Morgan fingerprint density at radius 2 is 1.84 bits per heavy atom. The number of ether oxygens (including phenoxy) is 1. The van der Waals surface area contributed by atoms with Gasteiger partial charge in [-0.05, 0) is 25.7 Å². The summed E-state index contributed by atoms with van der Waals surface area (Å²) in [6.07, 6.45) is 3.37. The zero-order valence-corrected chi connectivity index (χ0v) is 13.0. The number of quaternary nitrogens is 1. The molecule has 0 aliphatic rings. The van der Waals surface area contributed by atoms with E-state index in [2.05, 4.69) is 26.5 Å². The minimum atomic E-state index is -0.503. The SMILES string of the molecule is CCCOC(=O)C(CCCC[N+](C)(C)C)NC(C)=O. The van der Waals surface area contributed by atoms with Gasteiger partial charge < -0.3 is 14.5 Å². The summed E-state index contributed by atoms with van der Waals surface area (Å²) in [6, 6.07) is -0.503. The van der Waals surface area contributed by atoms with Crippen LogP contribution in [0, 0.1) is 0 Å². The Kier molecular flexibility index (Phi) is 8.39. The number of esters is 1. The van der Waals surface area contributed by atoms with Crippen molar-refractivity contribution in [2.24, 2.45) is 0 Å². The van der Waals surface area contributed by atoms with E-state index in [1.807, 2.05) is 6.92 Å². The fraction of sp³-hybridized carbons (Fsp3) is 0.857. The molecule has 1 atom stereocenters. The highest BCUT2D eigenvalue weighted by atomic mass is 16.5. The predicted octanol–water partition coefficient (Wildman–Crippen LogP) is 1.32. The summed E-state index contributed by atoms with van der Waals surface area (Å²) in [7, 11) is 6.42. The molecule has 0 heterocycles. The van der Waals surface area contributed by atoms with Crippen LogP contribution >= 0.6 is 0 Å². The van der Waals surface area contributed by atoms with E-state index >= 15 is 0 Å². The second-order valence-electron chi connectivity index (χ2n) is 5.93. The van der Waals surface area contributed by atoms with Crippen LogP contribution in [0.15, 0.2) is 0 Å². The smallest absolute Gasteiger partial charge is 0.328 e. The Bertz CT molecular complexity index is 285. The van der Waals surface area contributed by atoms with Crippen LogP contribution in [0.25, 0.3) is 0 Å². The molecule has 1 N–H and O–H groups in total. The van der Waals surface area contributed by atoms with Crippen molar-refractivity contribution in [2.45, 2.75) is 45.6 Å². The standard InChI is InChI=1S/C14H28N2O3/c1-6-11-19-14(18)13(15-12(2)17)9-7-8-10-16(3,4)5/h13H,6-11H2,1-5H3/p+1. The molecule has 0 aromatic carbocycles. The average Bonchev–Trinajstić information content (AvgIpc) is 2.28. The molecule has 0 spiro atoms. The van der Waals surface area contributed by atoms with Crippen molar-refractivity contribution in [1.82, 2.24) is 5.32 Å². The zero-order valence-electron chi connectivity index (χ0n) is 13.0. The minimum Gasteiger partial charge on any atom is -0.464 e. The van der Waals surface area contributed by atoms with E-state index in [9.17, 15) is 9.59 Å². The number of amides is 1. The highest BCUT2D eigenvalue weighted by Gasteiger charge is 2.20. The van der Waals surface area contributed by atoms with E-state index in [1.54, 1.807) is 0 Å². The largest absolute Gasteiger partial charge is 0.464 e. The van der Waals surface area contributed by atoms with Gasteiger partial charge in [-0.25, -0.2) is 4.79 Å². The average molecular weight is 273 g/mol. The van der Waals surface area contributed by atoms with E-state index < -0.39 is 6.04 Å². The molecule has 5 heteroatoms. The van der Waals surface area contributed by atoms with Crippen LogP contribution in [0.3, 0.4) is 0 Å². The number of carbonyl (C=O) groups is 2. The quantitative estimate of drug-likeness (QED) is 0.391. The molecule has 112 valence electrons. The fourth-order valence-electron chi connectivity index (χ4n) is 1.73. The Hall–Kier alpha value is -1.10. The minimum absolute atomic E-state index is 0.190. The normalized spacial score (nSPS) is 12.9. The maximum Gasteiger partial charge on any atom is 0.328 e. The molecule has 0 aromatic heterocycles. The summed E-state index contributed by atoms with van der Waals surface area (Å²) in [5.74, 6) is -0.507. The Labute approximate surface area is 116 Å². The van der Waals surface area contributed by atoms with Crippen LogP contribution in [-0.2, 0) is 14.3 Å². The van der Waals surface area contributed by atoms with Gasteiger partial charge in [0.2, 0.25) is 5.91 Å². The lowest BCUT2D eigenvalue weighted by Gasteiger charge is -2.24. The van der Waals surface area contributed by atoms with Gasteiger partial charge in [0.25, 0.3) is 0 Å². The third-order valence-electron chi connectivity index (χ3n) is 2.68. The van der Waals surface area contributed by atoms with Gasteiger partial charge >= 0.3 is 5.97 Å². The molecular weight excluding hydrogens is 244 g/mol. The first kappa shape index (κ1) is 17.9. The Morgan fingerprint density at radius 3 is 2.32 bits per heavy atom. The zero-order chi connectivity index (χ0) is 14.9. The van der Waals surface area contributed by atoms with Gasteiger partial charge in [0, 0.05) is 6.92 Å². The second kappa shape index (κ2) is 8.91. The van der Waals surface area contributed by atoms with Crippen LogP contribution in [0.5, 0.6) is 0 Å². The first-order valence-corrected chi connectivity index (χ1v) is 7.00. The van der Waals surface area contributed by atoms with Gasteiger partial charge in [0.05, 0.1) is 34.3 Å². The molecule has 0 radical (unpaired) electrons. The van der Waals surface area contributed by atoms with E-state index in [0.717, 1.165) is 30.3 Å². The molecule has 0 aromatic rings. The third kappa shape index (κ3) is 10.5. The molecule has 0 rings (SSSR count). The number of rotatable bonds is 9. The van der Waals surface area contributed by atoms with Gasteiger partial charge in [-0.1, -0.05) is 6.92 Å². The van der Waals surface area contributed by atoms with Crippen molar-refractivity contribution in [3.63, 3.8) is 0 Å². The molecule has 5 nitrogen and oxygen atoms in total. The lowest BCUT2D eigenvalue weighted by atomic mass is 10.1. The highest BCUT2D eigenvalue weighted by Crippen LogP contribution is 2.06. The van der Waals surface area contributed by atoms with Crippen molar-refractivity contribution < 1.29 is 18.8 Å². The maximum atomic E-state index is 11.8. The first-order valence-electron chi connectivity index (χ1n) is 7.00. The van der Waals surface area contributed by atoms with Crippen LogP contribution in [0.4, 0.5) is 0 Å². The van der Waals surface area contributed by atoms with Crippen molar-refractivity contribution in [1.29, 1.82) is 0 Å². The molecule has 19 heavy (non-hydrogen) atoms. The number of nitrogens with zero attached hydrogens (tertiary/aromatic N) is 1. The molecule has 0 saturated heterocycles. The summed E-state index contributed by atoms with van der Waals surface area (Å²) < 4.78 is 6.00. The van der Waals surface area contributed by atoms with Gasteiger partial charge in [-0.2, -0.15) is 0 Å². The van der Waals surface area contributed by atoms with Crippen LogP contribution < -0.4 is 5.32 Å². The van der Waals surface area contributed by atoms with Crippen molar-refractivity contribution in [3.05, 3.63) is 0 Å². The van der Waals surface area contributed by atoms with Gasteiger partial charge in [0.1, 0.15) is 6.04 Å². The second-order valence-corrected chi connectivity index (χ2v) is 5.93. The number of nitrogens with one attached hydrogen (secondary N) is 1. The summed E-state index contributed by atoms with van der Waals surface area (Å²) in [6.45, 7) is 4.83. The van der Waals surface area contributed by atoms with Crippen LogP contribution in [0.1, 0.15) is 39.5 Å². The lowest BCUT2D eigenvalue weighted by Crippen LogP contribution is -2.41. The van der Waals surface area contributed by atoms with E-state index in [1.165, 1.54) is 6.92 Å². The van der Waals surface area contributed by atoms with Gasteiger partial charge in [0.15, 0.2) is 0 Å². The first-order chi connectivity index (χ1) is 8.76. The Morgan fingerprint density at radius 1 is 1.21 bits per heavy atom. The Balaban J connectivity index is 4.13. The van der Waals surface area contributed by atoms with Crippen LogP contribution in [0.2, 0.25) is 0 Å². The molecule has 0 bridgehead atoms. The molecule has 0 saturated carbocycles. The summed E-state index contributed by atoms with van der Waals surface area (Å²) in [5.41, 5.74) is 0. The predicted molar refractivity (Wildman–Crippen MR) is 75.6 cm³/mol.